The maximum absolute atomic E-state index is 13.4. The van der Waals surface area contributed by atoms with Crippen LogP contribution in [0.25, 0.3) is 22.2 Å². The number of fused-ring (bicyclic) bond motifs is 2. The molecule has 572 valence electrons. The molecule has 6 aliphatic rings. The average molecular weight is 1620 g/mol. The normalized spacial score (nSPS) is 21.8. The average Bonchev–Trinajstić information content (AvgIpc) is 1.60. The highest BCUT2D eigenvalue weighted by Crippen LogP contribution is 2.40. The molecule has 27 nitrogen and oxygen atoms in total. The number of rotatable bonds is 16. The van der Waals surface area contributed by atoms with Crippen molar-refractivity contribution in [1.82, 2.24) is 78.5 Å². The van der Waals surface area contributed by atoms with Gasteiger partial charge in [-0.2, -0.15) is 25.5 Å². The molecule has 0 radical (unpaired) electrons. The van der Waals surface area contributed by atoms with Crippen LogP contribution in [0.3, 0.4) is 0 Å². The summed E-state index contributed by atoms with van der Waals surface area (Å²) >= 11 is 6.73. The molecule has 0 bridgehead atoms. The van der Waals surface area contributed by atoms with Gasteiger partial charge in [-0.25, -0.2) is 47.7 Å². The molecule has 9 aromatic heterocycles. The van der Waals surface area contributed by atoms with E-state index in [1.165, 1.54) is 29.8 Å². The van der Waals surface area contributed by atoms with Crippen molar-refractivity contribution in [2.75, 3.05) is 72.0 Å². The third-order valence-corrected chi connectivity index (χ3v) is 23.2. The van der Waals surface area contributed by atoms with Gasteiger partial charge in [-0.15, -0.1) is 0 Å². The predicted octanol–water partition coefficient (Wildman–Crippen LogP) is 10.2. The van der Waals surface area contributed by atoms with Crippen LogP contribution in [0.15, 0.2) is 187 Å². The molecule has 110 heavy (non-hydrogen) atoms. The first-order valence-electron chi connectivity index (χ1n) is 37.1. The smallest absolute Gasteiger partial charge is 0.399 e. The van der Waals surface area contributed by atoms with Gasteiger partial charge in [-0.05, 0) is 165 Å². The van der Waals surface area contributed by atoms with Crippen molar-refractivity contribution >= 4 is 79.0 Å². The molecule has 3 aliphatic heterocycles. The number of benzene rings is 3. The number of halogens is 4. The van der Waals surface area contributed by atoms with Crippen molar-refractivity contribution in [1.29, 1.82) is 0 Å². The fourth-order valence-electron chi connectivity index (χ4n) is 14.2. The highest BCUT2D eigenvalue weighted by molar-refractivity contribution is 9.10. The van der Waals surface area contributed by atoms with E-state index in [0.717, 1.165) is 161 Å². The van der Waals surface area contributed by atoms with Crippen LogP contribution in [0.4, 0.5) is 32.3 Å². The summed E-state index contributed by atoms with van der Waals surface area (Å²) in [6.07, 6.45) is 31.2. The van der Waals surface area contributed by atoms with Crippen LogP contribution >= 0.6 is 31.9 Å². The number of hydrogen-bond donors (Lipinski definition) is 4. The number of aromatic nitrogens is 16. The van der Waals surface area contributed by atoms with E-state index >= 15 is 0 Å². The lowest BCUT2D eigenvalue weighted by Crippen LogP contribution is -2.47. The third-order valence-electron chi connectivity index (χ3n) is 22.4. The van der Waals surface area contributed by atoms with Gasteiger partial charge >= 0.3 is 7.12 Å². The molecular formula is C78H89BBr2F2N22O5. The Morgan fingerprint density at radius 3 is 1.36 bits per heavy atom. The Kier molecular flexibility index (Phi) is 21.9. The summed E-state index contributed by atoms with van der Waals surface area (Å²) in [6.45, 7) is 18.6. The Balaban J connectivity index is 0.000000129. The van der Waals surface area contributed by atoms with Gasteiger partial charge in [0.25, 0.3) is 0 Å². The Morgan fingerprint density at radius 1 is 0.491 bits per heavy atom. The molecular weight excluding hydrogens is 1530 g/mol. The standard InChI is InChI=1S/C29H31FN10O.C28H34BFN8O2.C14H15BrN2O.C7H9BrN2O/c1-29(31,21-2-4-23(30)5-3-21)22-14-32-28(33-15-22)38-10-8-37(9-11-38)27-25-12-19(16-40(25)36-18-34-27)20-13-35-39(17-20)24-6-7-26(24)41;1-26(2)27(3,4)40-29(39-26)21-14-23-24(34-18-35-38(23)17-21)36-10-12-37(13-11-36)25-32-15-20(16-33-25)28(5,31)19-6-8-22(30)9-7-19;15-12-8-16-17(9-12)13-6-7-14(13)18-10-11-4-2-1-3-5-11;8-5-3-9-10(4-5)6-1-2-7(6)11/h2-5,12-18,24,26,41H,6-11,31H2,1H3;6-9,14-18H,10-13,31H2,1-5H3;1-5,8-9,13-14H,6-7,10H2;3-4,6-7,11H,1-2H2/t24-,26-,29+;28-;13-,14-;6-,7-/m1011/s1. The van der Waals surface area contributed by atoms with Crippen LogP contribution in [-0.2, 0) is 31.7 Å². The van der Waals surface area contributed by atoms with Gasteiger partial charge in [0, 0.05) is 136 Å². The summed E-state index contributed by atoms with van der Waals surface area (Å²) in [4.78, 5) is 36.5. The lowest BCUT2D eigenvalue weighted by molar-refractivity contribution is -0.0530. The van der Waals surface area contributed by atoms with E-state index in [4.69, 9.17) is 25.5 Å². The molecule has 18 rings (SSSR count). The van der Waals surface area contributed by atoms with E-state index < -0.39 is 29.4 Å². The van der Waals surface area contributed by atoms with Crippen LogP contribution in [0.1, 0.15) is 126 Å². The fraction of sp³-hybridized carbons (Fsp3) is 0.397. The Hall–Kier alpha value is -9.51. The minimum Gasteiger partial charge on any atom is -0.399 e. The van der Waals surface area contributed by atoms with Gasteiger partial charge in [0.05, 0.1) is 92.9 Å². The van der Waals surface area contributed by atoms with Crippen LogP contribution in [-0.4, -0.2) is 178 Å². The van der Waals surface area contributed by atoms with E-state index in [2.05, 4.69) is 131 Å². The lowest BCUT2D eigenvalue weighted by Gasteiger charge is -2.36. The van der Waals surface area contributed by atoms with Gasteiger partial charge < -0.3 is 55.3 Å². The van der Waals surface area contributed by atoms with Gasteiger partial charge in [0.2, 0.25) is 11.9 Å². The highest BCUT2D eigenvalue weighted by atomic mass is 79.9. The van der Waals surface area contributed by atoms with Gasteiger partial charge in [-0.3, -0.25) is 14.0 Å². The molecule has 3 saturated heterocycles. The minimum atomic E-state index is -0.837. The zero-order valence-corrected chi connectivity index (χ0v) is 65.3. The molecule has 6 N–H and O–H groups in total. The number of nitrogens with two attached hydrogens (primary N) is 2. The monoisotopic (exact) mass is 1620 g/mol. The van der Waals surface area contributed by atoms with E-state index in [-0.39, 0.29) is 42.0 Å². The van der Waals surface area contributed by atoms with Crippen LogP contribution < -0.4 is 36.5 Å². The third kappa shape index (κ3) is 16.2. The predicted molar refractivity (Wildman–Crippen MR) is 422 cm³/mol. The zero-order valence-electron chi connectivity index (χ0n) is 62.1. The largest absolute Gasteiger partial charge is 0.496 e. The summed E-state index contributed by atoms with van der Waals surface area (Å²) < 4.78 is 56.6. The second kappa shape index (κ2) is 31.7. The molecule has 3 aromatic carbocycles. The SMILES string of the molecule is Brc1cnn([C@@H]2CC[C@H]2OCc2ccccc2)c1.CC1(C)OB(c2cc3c(N4CCN(c5ncc([C@@](C)(N)c6ccc(F)cc6)cn5)CC4)ncnn3c2)OC1(C)C.C[C@](N)(c1ccc(F)cc1)c1cnc(N2CCN(c3ncnn4cc(-c5cnn([C@@H]6CC[C@H]6O)c5)cc34)CC2)nc1.O[C@@H]1CC[C@H]1n1cc(Br)cn1. The molecule has 0 unspecified atom stereocenters. The van der Waals surface area contributed by atoms with E-state index in [1.807, 2.05) is 126 Å². The maximum Gasteiger partial charge on any atom is 0.496 e. The van der Waals surface area contributed by atoms with E-state index in [0.29, 0.717) is 24.5 Å². The zero-order chi connectivity index (χ0) is 76.6. The molecule has 0 amide bonds. The van der Waals surface area contributed by atoms with Crippen molar-refractivity contribution < 1.29 is 33.0 Å². The number of nitrogens with zero attached hydrogens (tertiary/aromatic N) is 20. The van der Waals surface area contributed by atoms with Crippen molar-refractivity contribution in [3.8, 4) is 11.1 Å². The molecule has 8 atom stereocenters. The number of aliphatic hydroxyl groups is 2. The summed E-state index contributed by atoms with van der Waals surface area (Å²) in [5.41, 5.74) is 19.7. The van der Waals surface area contributed by atoms with Gasteiger partial charge in [0.1, 0.15) is 35.3 Å². The van der Waals surface area contributed by atoms with Crippen molar-refractivity contribution in [2.24, 2.45) is 11.5 Å². The quantitative estimate of drug-likeness (QED) is 0.0654. The van der Waals surface area contributed by atoms with E-state index in [9.17, 15) is 19.0 Å². The Labute approximate surface area is 653 Å². The summed E-state index contributed by atoms with van der Waals surface area (Å²) in [6, 6.07) is 27.5. The summed E-state index contributed by atoms with van der Waals surface area (Å²) in [5, 5.41) is 41.1. The van der Waals surface area contributed by atoms with Crippen molar-refractivity contribution in [3.05, 3.63) is 226 Å². The van der Waals surface area contributed by atoms with Crippen molar-refractivity contribution in [3.63, 3.8) is 0 Å². The van der Waals surface area contributed by atoms with Crippen LogP contribution in [0.2, 0.25) is 0 Å². The molecule has 6 fully saturated rings. The molecule has 12 aromatic rings. The van der Waals surface area contributed by atoms with Crippen LogP contribution in [0.5, 0.6) is 0 Å². The fourth-order valence-corrected chi connectivity index (χ4v) is 14.8. The summed E-state index contributed by atoms with van der Waals surface area (Å²) in [7, 11) is -0.463. The first kappa shape index (κ1) is 75.9. The first-order chi connectivity index (χ1) is 52.9. The number of aliphatic hydroxyl groups excluding tert-OH is 2. The molecule has 12 heterocycles. The number of hydrogen-bond acceptors (Lipinski definition) is 22. The second-order valence-electron chi connectivity index (χ2n) is 30.2. The first-order valence-corrected chi connectivity index (χ1v) is 38.7. The number of piperazine rings is 2. The number of anilines is 4. The lowest BCUT2D eigenvalue weighted by atomic mass is 9.81. The van der Waals surface area contributed by atoms with Crippen molar-refractivity contribution in [2.45, 2.75) is 145 Å². The summed E-state index contributed by atoms with van der Waals surface area (Å²) in [5.74, 6) is 2.45. The maximum atomic E-state index is 13.4. The van der Waals surface area contributed by atoms with Gasteiger partial charge in [-0.1, -0.05) is 54.6 Å². The molecule has 3 aliphatic carbocycles. The minimum absolute atomic E-state index is 0.0576. The van der Waals surface area contributed by atoms with Gasteiger partial charge in [0.15, 0.2) is 11.6 Å². The molecule has 0 spiro atoms. The Bertz CT molecular complexity index is 5080. The molecule has 32 heteroatoms. The molecule has 3 saturated carbocycles. The highest BCUT2D eigenvalue weighted by Gasteiger charge is 2.52. The van der Waals surface area contributed by atoms with Crippen LogP contribution in [0, 0.1) is 11.6 Å². The number of ether oxygens (including phenoxy) is 1. The topological polar surface area (TPSA) is 299 Å². The second-order valence-corrected chi connectivity index (χ2v) is 32.0. The van der Waals surface area contributed by atoms with E-state index in [1.54, 1.807) is 67.9 Å². The Morgan fingerprint density at radius 2 is 0.927 bits per heavy atom.